The fraction of sp³-hybridized carbons (Fsp3) is 0.533. The summed E-state index contributed by atoms with van der Waals surface area (Å²) in [6.07, 6.45) is 0. The quantitative estimate of drug-likeness (QED) is 0.783. The van der Waals surface area contributed by atoms with Crippen LogP contribution in [0.2, 0.25) is 0 Å². The highest BCUT2D eigenvalue weighted by molar-refractivity contribution is 7.89. The molecule has 9 heteroatoms. The number of nitrogens with zero attached hydrogens (tertiary/aromatic N) is 2. The van der Waals surface area contributed by atoms with Gasteiger partial charge in [0.05, 0.1) is 4.90 Å². The van der Waals surface area contributed by atoms with Crippen LogP contribution in [0.25, 0.3) is 0 Å². The first-order valence-corrected chi connectivity index (χ1v) is 9.80. The number of sulfonamides is 1. The van der Waals surface area contributed by atoms with Gasteiger partial charge in [-0.1, -0.05) is 0 Å². The number of hydrogen-bond donors (Lipinski definition) is 1. The molecule has 24 heavy (non-hydrogen) atoms. The normalized spacial score (nSPS) is 18.3. The average molecular weight is 371 g/mol. The molecular formula is C15H21N3O4S2. The van der Waals surface area contributed by atoms with Crippen LogP contribution < -0.4 is 14.8 Å². The van der Waals surface area contributed by atoms with Crippen LogP contribution in [-0.4, -0.2) is 68.7 Å². The topological polar surface area (TPSA) is 71.1 Å². The van der Waals surface area contributed by atoms with Gasteiger partial charge in [-0.25, -0.2) is 8.42 Å². The van der Waals surface area contributed by atoms with E-state index in [9.17, 15) is 8.42 Å². The third-order valence-corrected chi connectivity index (χ3v) is 6.30. The standard InChI is InChI=1S/C15H21N3O4S2/c1-2-16-15(23)17-5-7-18(8-6-17)24(19,20)12-3-4-13-14(11-12)22-10-9-21-13/h3-4,11H,2,5-10H2,1H3,(H,16,23). The van der Waals surface area contributed by atoms with E-state index in [2.05, 4.69) is 5.32 Å². The Labute approximate surface area is 147 Å². The highest BCUT2D eigenvalue weighted by Crippen LogP contribution is 2.33. The monoisotopic (exact) mass is 371 g/mol. The largest absolute Gasteiger partial charge is 0.486 e. The van der Waals surface area contributed by atoms with Crippen molar-refractivity contribution in [3.63, 3.8) is 0 Å². The summed E-state index contributed by atoms with van der Waals surface area (Å²) in [6.45, 7) is 5.61. The molecule has 0 amide bonds. The minimum atomic E-state index is -3.55. The Morgan fingerprint density at radius 3 is 2.50 bits per heavy atom. The Balaban J connectivity index is 1.71. The first kappa shape index (κ1) is 17.2. The van der Waals surface area contributed by atoms with E-state index in [1.165, 1.54) is 4.31 Å². The Hall–Kier alpha value is -1.58. The molecule has 0 aromatic heterocycles. The predicted molar refractivity (Wildman–Crippen MR) is 94.0 cm³/mol. The van der Waals surface area contributed by atoms with Gasteiger partial charge in [0.1, 0.15) is 13.2 Å². The molecule has 0 unspecified atom stereocenters. The number of thiocarbonyl (C=S) groups is 1. The van der Waals surface area contributed by atoms with Crippen LogP contribution in [0.15, 0.2) is 23.1 Å². The fourth-order valence-electron chi connectivity index (χ4n) is 2.73. The van der Waals surface area contributed by atoms with E-state index in [0.717, 1.165) is 6.54 Å². The maximum Gasteiger partial charge on any atom is 0.243 e. The zero-order valence-electron chi connectivity index (χ0n) is 13.5. The molecule has 132 valence electrons. The molecule has 2 aliphatic heterocycles. The van der Waals surface area contributed by atoms with Gasteiger partial charge >= 0.3 is 0 Å². The zero-order chi connectivity index (χ0) is 17.2. The Morgan fingerprint density at radius 2 is 1.83 bits per heavy atom. The van der Waals surface area contributed by atoms with Gasteiger partial charge in [0.2, 0.25) is 10.0 Å². The number of fused-ring (bicyclic) bond motifs is 1. The number of nitrogens with one attached hydrogen (secondary N) is 1. The van der Waals surface area contributed by atoms with E-state index in [1.807, 2.05) is 11.8 Å². The van der Waals surface area contributed by atoms with Gasteiger partial charge in [-0.3, -0.25) is 0 Å². The Morgan fingerprint density at radius 1 is 1.17 bits per heavy atom. The molecule has 1 aromatic rings. The molecule has 2 heterocycles. The smallest absolute Gasteiger partial charge is 0.243 e. The van der Waals surface area contributed by atoms with Crippen LogP contribution in [0.1, 0.15) is 6.92 Å². The van der Waals surface area contributed by atoms with E-state index in [-0.39, 0.29) is 4.90 Å². The predicted octanol–water partition coefficient (Wildman–Crippen LogP) is 0.659. The van der Waals surface area contributed by atoms with Gasteiger partial charge < -0.3 is 19.7 Å². The molecular weight excluding hydrogens is 350 g/mol. The molecule has 0 atom stereocenters. The molecule has 0 aliphatic carbocycles. The lowest BCUT2D eigenvalue weighted by Crippen LogP contribution is -2.52. The van der Waals surface area contributed by atoms with Crippen molar-refractivity contribution in [2.24, 2.45) is 0 Å². The third kappa shape index (κ3) is 3.42. The van der Waals surface area contributed by atoms with E-state index in [0.29, 0.717) is 56.0 Å². The Bertz CT molecular complexity index is 715. The number of rotatable bonds is 3. The average Bonchev–Trinajstić information content (AvgIpc) is 2.61. The minimum absolute atomic E-state index is 0.231. The SMILES string of the molecule is CCNC(=S)N1CCN(S(=O)(=O)c2ccc3c(c2)OCCO3)CC1. The van der Waals surface area contributed by atoms with Gasteiger partial charge in [-0.15, -0.1) is 0 Å². The van der Waals surface area contributed by atoms with Crippen molar-refractivity contribution in [2.75, 3.05) is 45.9 Å². The van der Waals surface area contributed by atoms with Gasteiger partial charge in [0.25, 0.3) is 0 Å². The number of piperazine rings is 1. The zero-order valence-corrected chi connectivity index (χ0v) is 15.2. The molecule has 1 saturated heterocycles. The van der Waals surface area contributed by atoms with Crippen LogP contribution in [0.3, 0.4) is 0 Å². The second-order valence-corrected chi connectivity index (χ2v) is 7.86. The van der Waals surface area contributed by atoms with Gasteiger partial charge in [0.15, 0.2) is 16.6 Å². The first-order valence-electron chi connectivity index (χ1n) is 7.95. The maximum atomic E-state index is 12.8. The lowest BCUT2D eigenvalue weighted by Gasteiger charge is -2.35. The van der Waals surface area contributed by atoms with E-state index in [4.69, 9.17) is 21.7 Å². The third-order valence-electron chi connectivity index (χ3n) is 4.01. The molecule has 0 spiro atoms. The second-order valence-electron chi connectivity index (χ2n) is 5.53. The van der Waals surface area contributed by atoms with Crippen molar-refractivity contribution in [1.82, 2.24) is 14.5 Å². The first-order chi connectivity index (χ1) is 11.5. The number of benzene rings is 1. The van der Waals surface area contributed by atoms with E-state index >= 15 is 0 Å². The van der Waals surface area contributed by atoms with Crippen LogP contribution >= 0.6 is 12.2 Å². The molecule has 0 bridgehead atoms. The van der Waals surface area contributed by atoms with Gasteiger partial charge in [-0.2, -0.15) is 4.31 Å². The summed E-state index contributed by atoms with van der Waals surface area (Å²) >= 11 is 5.28. The van der Waals surface area contributed by atoms with Crippen molar-refractivity contribution >= 4 is 27.4 Å². The van der Waals surface area contributed by atoms with Crippen LogP contribution in [0.4, 0.5) is 0 Å². The van der Waals surface area contributed by atoms with Crippen LogP contribution in [0.5, 0.6) is 11.5 Å². The van der Waals surface area contributed by atoms with Gasteiger partial charge in [-0.05, 0) is 31.3 Å². The van der Waals surface area contributed by atoms with Crippen molar-refractivity contribution < 1.29 is 17.9 Å². The van der Waals surface area contributed by atoms with Crippen molar-refractivity contribution in [1.29, 1.82) is 0 Å². The molecule has 1 fully saturated rings. The lowest BCUT2D eigenvalue weighted by molar-refractivity contribution is 0.171. The molecule has 0 saturated carbocycles. The van der Waals surface area contributed by atoms with E-state index in [1.54, 1.807) is 18.2 Å². The van der Waals surface area contributed by atoms with Crippen molar-refractivity contribution in [2.45, 2.75) is 11.8 Å². The number of ether oxygens (including phenoxy) is 2. The molecule has 1 aromatic carbocycles. The second kappa shape index (κ2) is 7.12. The fourth-order valence-corrected chi connectivity index (χ4v) is 4.49. The maximum absolute atomic E-state index is 12.8. The van der Waals surface area contributed by atoms with Crippen LogP contribution in [-0.2, 0) is 10.0 Å². The van der Waals surface area contributed by atoms with Crippen LogP contribution in [0, 0.1) is 0 Å². The minimum Gasteiger partial charge on any atom is -0.486 e. The molecule has 7 nitrogen and oxygen atoms in total. The van der Waals surface area contributed by atoms with Gasteiger partial charge in [0, 0.05) is 38.8 Å². The summed E-state index contributed by atoms with van der Waals surface area (Å²) in [5, 5.41) is 3.77. The Kier molecular flexibility index (Phi) is 5.12. The summed E-state index contributed by atoms with van der Waals surface area (Å²) in [6, 6.07) is 4.76. The molecule has 0 radical (unpaired) electrons. The highest BCUT2D eigenvalue weighted by atomic mass is 32.2. The molecule has 2 aliphatic rings. The summed E-state index contributed by atoms with van der Waals surface area (Å²) in [5.41, 5.74) is 0. The highest BCUT2D eigenvalue weighted by Gasteiger charge is 2.30. The summed E-state index contributed by atoms with van der Waals surface area (Å²) in [7, 11) is -3.55. The molecule has 3 rings (SSSR count). The summed E-state index contributed by atoms with van der Waals surface area (Å²) < 4.78 is 38.1. The number of hydrogen-bond acceptors (Lipinski definition) is 5. The van der Waals surface area contributed by atoms with Crippen molar-refractivity contribution in [3.05, 3.63) is 18.2 Å². The van der Waals surface area contributed by atoms with Crippen molar-refractivity contribution in [3.8, 4) is 11.5 Å². The summed E-state index contributed by atoms with van der Waals surface area (Å²) in [5.74, 6) is 1.07. The summed E-state index contributed by atoms with van der Waals surface area (Å²) in [4.78, 5) is 2.23. The molecule has 1 N–H and O–H groups in total. The van der Waals surface area contributed by atoms with E-state index < -0.39 is 10.0 Å². The lowest BCUT2D eigenvalue weighted by atomic mass is 10.3.